The zero-order chi connectivity index (χ0) is 13.1. The molecule has 2 atom stereocenters. The molecule has 0 aliphatic heterocycles. The minimum Gasteiger partial charge on any atom is -0.309 e. The Bertz CT molecular complexity index is 395. The van der Waals surface area contributed by atoms with Gasteiger partial charge in [0.25, 0.3) is 0 Å². The first-order chi connectivity index (χ1) is 8.58. The highest BCUT2D eigenvalue weighted by Gasteiger charge is 2.26. The van der Waals surface area contributed by atoms with Gasteiger partial charge in [-0.3, -0.25) is 0 Å². The van der Waals surface area contributed by atoms with Crippen LogP contribution in [-0.4, -0.2) is 6.04 Å². The molecule has 1 aromatic carbocycles. The van der Waals surface area contributed by atoms with Crippen LogP contribution in [0.3, 0.4) is 0 Å². The summed E-state index contributed by atoms with van der Waals surface area (Å²) < 4.78 is 25.9. The normalized spacial score (nSPS) is 28.3. The largest absolute Gasteiger partial charge is 0.309 e. The van der Waals surface area contributed by atoms with E-state index >= 15 is 0 Å². The summed E-state index contributed by atoms with van der Waals surface area (Å²) in [5, 5.41) is 3.49. The Morgan fingerprint density at radius 2 is 1.78 bits per heavy atom. The average Bonchev–Trinajstić information content (AvgIpc) is 2.33. The smallest absolute Gasteiger partial charge is 0.159 e. The molecule has 1 fully saturated rings. The van der Waals surface area contributed by atoms with Gasteiger partial charge in [0.05, 0.1) is 0 Å². The van der Waals surface area contributed by atoms with Crippen LogP contribution in [0.15, 0.2) is 18.2 Å². The lowest BCUT2D eigenvalue weighted by atomic mass is 9.78. The summed E-state index contributed by atoms with van der Waals surface area (Å²) >= 11 is 0. The zero-order valence-corrected chi connectivity index (χ0v) is 11.0. The molecule has 0 amide bonds. The Hall–Kier alpha value is -0.960. The first-order valence-corrected chi connectivity index (χ1v) is 6.75. The average molecular weight is 253 g/mol. The van der Waals surface area contributed by atoms with Gasteiger partial charge in [-0.25, -0.2) is 8.78 Å². The van der Waals surface area contributed by atoms with Crippen molar-refractivity contribution in [1.29, 1.82) is 0 Å². The Kier molecular flexibility index (Phi) is 4.33. The van der Waals surface area contributed by atoms with Crippen LogP contribution >= 0.6 is 0 Å². The van der Waals surface area contributed by atoms with Crippen molar-refractivity contribution >= 4 is 0 Å². The molecule has 2 unspecified atom stereocenters. The van der Waals surface area contributed by atoms with Crippen molar-refractivity contribution in [3.63, 3.8) is 0 Å². The molecule has 0 saturated heterocycles. The minimum atomic E-state index is -0.779. The van der Waals surface area contributed by atoms with Gasteiger partial charge in [-0.2, -0.15) is 0 Å². The van der Waals surface area contributed by atoms with E-state index in [2.05, 4.69) is 19.2 Å². The van der Waals surface area contributed by atoms with Gasteiger partial charge in [-0.1, -0.05) is 26.3 Å². The molecule has 3 heteroatoms. The summed E-state index contributed by atoms with van der Waals surface area (Å²) in [4.78, 5) is 0. The zero-order valence-electron chi connectivity index (χ0n) is 11.0. The fourth-order valence-electron chi connectivity index (χ4n) is 2.97. The fourth-order valence-corrected chi connectivity index (χ4v) is 2.97. The van der Waals surface area contributed by atoms with Gasteiger partial charge >= 0.3 is 0 Å². The van der Waals surface area contributed by atoms with E-state index in [4.69, 9.17) is 0 Å². The summed E-state index contributed by atoms with van der Waals surface area (Å²) in [7, 11) is 0. The quantitative estimate of drug-likeness (QED) is 0.862. The van der Waals surface area contributed by atoms with E-state index in [0.717, 1.165) is 5.56 Å². The number of rotatable bonds is 3. The SMILES string of the molecule is CC1CCCC(C)C1NCc1ccc(F)c(F)c1. The third-order valence-corrected chi connectivity index (χ3v) is 4.07. The van der Waals surface area contributed by atoms with Crippen LogP contribution < -0.4 is 5.32 Å². The first kappa shape index (κ1) is 13.5. The number of hydrogen-bond donors (Lipinski definition) is 1. The van der Waals surface area contributed by atoms with Crippen molar-refractivity contribution in [2.75, 3.05) is 0 Å². The lowest BCUT2D eigenvalue weighted by Crippen LogP contribution is -2.42. The Morgan fingerprint density at radius 3 is 2.39 bits per heavy atom. The summed E-state index contributed by atoms with van der Waals surface area (Å²) in [6.45, 7) is 5.13. The molecular weight excluding hydrogens is 232 g/mol. The second-order valence-corrected chi connectivity index (χ2v) is 5.54. The number of hydrogen-bond acceptors (Lipinski definition) is 1. The highest BCUT2D eigenvalue weighted by Crippen LogP contribution is 2.29. The molecule has 1 aromatic rings. The number of halogens is 2. The fraction of sp³-hybridized carbons (Fsp3) is 0.600. The lowest BCUT2D eigenvalue weighted by molar-refractivity contribution is 0.207. The summed E-state index contributed by atoms with van der Waals surface area (Å²) in [5.74, 6) is -0.240. The molecule has 0 heterocycles. The monoisotopic (exact) mass is 253 g/mol. The molecule has 0 radical (unpaired) electrons. The Labute approximate surface area is 108 Å². The van der Waals surface area contributed by atoms with E-state index in [-0.39, 0.29) is 0 Å². The van der Waals surface area contributed by atoms with Crippen molar-refractivity contribution < 1.29 is 8.78 Å². The summed E-state index contributed by atoms with van der Waals surface area (Å²) in [6, 6.07) is 4.59. The highest BCUT2D eigenvalue weighted by atomic mass is 19.2. The number of benzene rings is 1. The van der Waals surface area contributed by atoms with Gasteiger partial charge in [-0.05, 0) is 42.4 Å². The topological polar surface area (TPSA) is 12.0 Å². The van der Waals surface area contributed by atoms with E-state index in [9.17, 15) is 8.78 Å². The molecule has 1 nitrogen and oxygen atoms in total. The van der Waals surface area contributed by atoms with Crippen molar-refractivity contribution in [3.8, 4) is 0 Å². The lowest BCUT2D eigenvalue weighted by Gasteiger charge is -2.35. The van der Waals surface area contributed by atoms with Gasteiger partial charge in [-0.15, -0.1) is 0 Å². The second kappa shape index (κ2) is 5.79. The van der Waals surface area contributed by atoms with Gasteiger partial charge in [0.1, 0.15) is 0 Å². The maximum Gasteiger partial charge on any atom is 0.159 e. The van der Waals surface area contributed by atoms with Crippen molar-refractivity contribution in [1.82, 2.24) is 5.32 Å². The van der Waals surface area contributed by atoms with E-state index in [1.165, 1.54) is 31.4 Å². The maximum absolute atomic E-state index is 13.1. The summed E-state index contributed by atoms with van der Waals surface area (Å²) in [6.07, 6.45) is 3.80. The molecule has 2 rings (SSSR count). The van der Waals surface area contributed by atoms with Crippen molar-refractivity contribution in [2.24, 2.45) is 11.8 Å². The van der Waals surface area contributed by atoms with Crippen LogP contribution in [0.4, 0.5) is 8.78 Å². The Balaban J connectivity index is 1.95. The molecule has 0 aromatic heterocycles. The van der Waals surface area contributed by atoms with Crippen LogP contribution in [0, 0.1) is 23.5 Å². The van der Waals surface area contributed by atoms with E-state index in [1.807, 2.05) is 0 Å². The van der Waals surface area contributed by atoms with E-state index in [1.54, 1.807) is 6.07 Å². The van der Waals surface area contributed by atoms with Gasteiger partial charge < -0.3 is 5.32 Å². The maximum atomic E-state index is 13.1. The van der Waals surface area contributed by atoms with Crippen LogP contribution in [0.25, 0.3) is 0 Å². The van der Waals surface area contributed by atoms with Gasteiger partial charge in [0, 0.05) is 12.6 Å². The van der Waals surface area contributed by atoms with Crippen LogP contribution in [0.5, 0.6) is 0 Å². The predicted octanol–water partition coefficient (Wildman–Crippen LogP) is 3.88. The molecule has 100 valence electrons. The third-order valence-electron chi connectivity index (χ3n) is 4.07. The molecule has 1 N–H and O–H groups in total. The highest BCUT2D eigenvalue weighted by molar-refractivity contribution is 5.17. The second-order valence-electron chi connectivity index (χ2n) is 5.54. The van der Waals surface area contributed by atoms with Crippen LogP contribution in [-0.2, 0) is 6.54 Å². The van der Waals surface area contributed by atoms with Crippen molar-refractivity contribution in [2.45, 2.75) is 45.7 Å². The molecular formula is C15H21F2N. The molecule has 0 bridgehead atoms. The van der Waals surface area contributed by atoms with Gasteiger partial charge in [0.2, 0.25) is 0 Å². The molecule has 1 aliphatic rings. The molecule has 0 spiro atoms. The first-order valence-electron chi connectivity index (χ1n) is 6.75. The van der Waals surface area contributed by atoms with E-state index < -0.39 is 11.6 Å². The summed E-state index contributed by atoms with van der Waals surface area (Å²) in [5.41, 5.74) is 0.805. The van der Waals surface area contributed by atoms with Crippen LogP contribution in [0.2, 0.25) is 0 Å². The predicted molar refractivity (Wildman–Crippen MR) is 69.2 cm³/mol. The van der Waals surface area contributed by atoms with Gasteiger partial charge in [0.15, 0.2) is 11.6 Å². The molecule has 1 aliphatic carbocycles. The third kappa shape index (κ3) is 3.08. The minimum absolute atomic E-state index is 0.479. The Morgan fingerprint density at radius 1 is 1.11 bits per heavy atom. The standard InChI is InChI=1S/C15H21F2N/c1-10-4-3-5-11(2)15(10)18-9-12-6-7-13(16)14(17)8-12/h6-8,10-11,15,18H,3-5,9H2,1-2H3. The number of nitrogens with one attached hydrogen (secondary N) is 1. The molecule has 18 heavy (non-hydrogen) atoms. The van der Waals surface area contributed by atoms with Crippen LogP contribution in [0.1, 0.15) is 38.7 Å². The van der Waals surface area contributed by atoms with Crippen molar-refractivity contribution in [3.05, 3.63) is 35.4 Å². The molecule has 1 saturated carbocycles. The van der Waals surface area contributed by atoms with E-state index in [0.29, 0.717) is 24.4 Å².